The van der Waals surface area contributed by atoms with Gasteiger partial charge in [-0.25, -0.2) is 0 Å². The number of amides is 4. The SMILES string of the molecule is NC(=O)C1(C(N)=O)C(CC2CO2)C(CC2CO2)C(CC2CO2)(CC2CO2)C(CC2CO2)(CC2CO2)C(CC2CO2)(CC2CO2)C1(C(N)=O)C(N)=O. The van der Waals surface area contributed by atoms with E-state index in [1.54, 1.807) is 0 Å². The average molecular weight is 719 g/mol. The number of hydrogen-bond acceptors (Lipinski definition) is 12. The summed E-state index contributed by atoms with van der Waals surface area (Å²) in [6.45, 7) is 3.40. The minimum atomic E-state index is -2.74. The Morgan fingerprint density at radius 1 is 0.412 bits per heavy atom. The van der Waals surface area contributed by atoms with Gasteiger partial charge in [-0.05, 0) is 74.0 Å². The maximum Gasteiger partial charge on any atom is 0.235 e. The fourth-order valence-corrected chi connectivity index (χ4v) is 12.0. The molecule has 0 spiro atoms. The van der Waals surface area contributed by atoms with Crippen molar-refractivity contribution in [2.75, 3.05) is 52.9 Å². The van der Waals surface area contributed by atoms with Crippen LogP contribution in [0.15, 0.2) is 0 Å². The molecule has 282 valence electrons. The summed E-state index contributed by atoms with van der Waals surface area (Å²) in [5, 5.41) is 0. The summed E-state index contributed by atoms with van der Waals surface area (Å²) < 4.78 is 48.1. The Bertz CT molecular complexity index is 1390. The lowest BCUT2D eigenvalue weighted by molar-refractivity contribution is -0.216. The smallest absolute Gasteiger partial charge is 0.235 e. The number of hydrogen-bond donors (Lipinski definition) is 4. The summed E-state index contributed by atoms with van der Waals surface area (Å²) in [5.74, 6) is -6.55. The second-order valence-electron chi connectivity index (χ2n) is 16.9. The molecular formula is C35H50N4O12. The first-order chi connectivity index (χ1) is 24.4. The van der Waals surface area contributed by atoms with Gasteiger partial charge in [-0.15, -0.1) is 0 Å². The molecule has 8 heterocycles. The van der Waals surface area contributed by atoms with Gasteiger partial charge in [-0.1, -0.05) is 0 Å². The highest BCUT2D eigenvalue weighted by atomic mass is 16.6. The van der Waals surface area contributed by atoms with Crippen molar-refractivity contribution >= 4 is 23.6 Å². The Hall–Kier alpha value is -2.44. The van der Waals surface area contributed by atoms with E-state index in [0.29, 0.717) is 85.0 Å². The minimum absolute atomic E-state index is 0.0680. The first kappa shape index (κ1) is 34.3. The van der Waals surface area contributed by atoms with Gasteiger partial charge in [0.1, 0.15) is 0 Å². The minimum Gasteiger partial charge on any atom is -0.373 e. The molecule has 8 saturated heterocycles. The van der Waals surface area contributed by atoms with Crippen LogP contribution in [-0.4, -0.2) is 125 Å². The second-order valence-corrected chi connectivity index (χ2v) is 16.9. The lowest BCUT2D eigenvalue weighted by atomic mass is 9.34. The standard InChI is InChI=1S/C35H50N4O12/c36-27(40)34(28(37)41)26(2-18-10-45-18)25(1-17-9-44-17)31(3-19-11-46-19,4-20-12-47-20)32(5-21-13-48-21,6-22-14-49-22)33(7-23-15-50-23,8-24-16-51-24)35(34,29(38)42)30(39)43/h17-26H,1-16H2,(H2,36,40)(H2,37,41)(H2,38,42)(H2,39,43). The Morgan fingerprint density at radius 2 is 0.706 bits per heavy atom. The molecule has 9 aliphatic rings. The van der Waals surface area contributed by atoms with Crippen molar-refractivity contribution in [3.63, 3.8) is 0 Å². The molecule has 16 nitrogen and oxygen atoms in total. The molecule has 0 aromatic rings. The maximum atomic E-state index is 15.1. The molecule has 1 saturated carbocycles. The van der Waals surface area contributed by atoms with Crippen molar-refractivity contribution in [3.05, 3.63) is 0 Å². The highest BCUT2D eigenvalue weighted by Gasteiger charge is 2.88. The Labute approximate surface area is 295 Å². The van der Waals surface area contributed by atoms with Crippen molar-refractivity contribution in [2.24, 2.45) is 61.8 Å². The number of ether oxygens (including phenoxy) is 8. The summed E-state index contributed by atoms with van der Waals surface area (Å²) in [5.41, 5.74) is 17.4. The third-order valence-electron chi connectivity index (χ3n) is 14.2. The lowest BCUT2D eigenvalue weighted by Gasteiger charge is -2.66. The van der Waals surface area contributed by atoms with E-state index >= 15 is 9.59 Å². The number of rotatable bonds is 20. The predicted molar refractivity (Wildman–Crippen MR) is 171 cm³/mol. The molecule has 9 fully saturated rings. The summed E-state index contributed by atoms with van der Waals surface area (Å²) in [7, 11) is 0. The van der Waals surface area contributed by atoms with Gasteiger partial charge in [0.2, 0.25) is 23.6 Å². The van der Waals surface area contributed by atoms with Crippen molar-refractivity contribution in [3.8, 4) is 0 Å². The monoisotopic (exact) mass is 718 g/mol. The molecule has 0 aromatic carbocycles. The molecule has 9 rings (SSSR count). The number of epoxide rings is 8. The molecule has 1 aliphatic carbocycles. The number of nitrogens with two attached hydrogens (primary N) is 4. The van der Waals surface area contributed by atoms with Gasteiger partial charge in [0, 0.05) is 5.41 Å². The molecule has 16 heteroatoms. The van der Waals surface area contributed by atoms with Crippen LogP contribution in [0.2, 0.25) is 0 Å². The quantitative estimate of drug-likeness (QED) is 0.0631. The molecule has 8 N–H and O–H groups in total. The molecule has 10 atom stereocenters. The van der Waals surface area contributed by atoms with Gasteiger partial charge in [-0.3, -0.25) is 19.2 Å². The Kier molecular flexibility index (Phi) is 7.93. The lowest BCUT2D eigenvalue weighted by Crippen LogP contribution is -2.78. The number of carbonyl (C=O) groups excluding carboxylic acids is 4. The summed E-state index contributed by atoms with van der Waals surface area (Å²) >= 11 is 0. The Morgan fingerprint density at radius 3 is 1.00 bits per heavy atom. The maximum absolute atomic E-state index is 15.1. The zero-order valence-electron chi connectivity index (χ0n) is 28.8. The van der Waals surface area contributed by atoms with E-state index in [9.17, 15) is 9.59 Å². The van der Waals surface area contributed by atoms with Crippen molar-refractivity contribution in [1.82, 2.24) is 0 Å². The fraction of sp³-hybridized carbons (Fsp3) is 0.886. The van der Waals surface area contributed by atoms with Crippen LogP contribution in [0, 0.1) is 38.9 Å². The van der Waals surface area contributed by atoms with Gasteiger partial charge < -0.3 is 60.8 Å². The van der Waals surface area contributed by atoms with E-state index < -0.39 is 74.7 Å². The summed E-state index contributed by atoms with van der Waals surface area (Å²) in [6.07, 6.45) is -0.0761. The molecule has 0 radical (unpaired) electrons. The third kappa shape index (κ3) is 5.37. The highest BCUT2D eigenvalue weighted by molar-refractivity contribution is 6.19. The van der Waals surface area contributed by atoms with Gasteiger partial charge >= 0.3 is 0 Å². The largest absolute Gasteiger partial charge is 0.373 e. The van der Waals surface area contributed by atoms with E-state index in [4.69, 9.17) is 60.8 Å². The van der Waals surface area contributed by atoms with Crippen molar-refractivity contribution < 1.29 is 57.1 Å². The van der Waals surface area contributed by atoms with Crippen LogP contribution in [0.25, 0.3) is 0 Å². The van der Waals surface area contributed by atoms with Crippen LogP contribution in [0.4, 0.5) is 0 Å². The van der Waals surface area contributed by atoms with E-state index in [1.165, 1.54) is 0 Å². The van der Waals surface area contributed by atoms with Crippen molar-refractivity contribution in [2.45, 2.75) is 100 Å². The topological polar surface area (TPSA) is 273 Å². The van der Waals surface area contributed by atoms with E-state index in [-0.39, 0.29) is 55.9 Å². The van der Waals surface area contributed by atoms with Crippen LogP contribution < -0.4 is 22.9 Å². The van der Waals surface area contributed by atoms with Gasteiger partial charge in [-0.2, -0.15) is 0 Å². The molecule has 51 heavy (non-hydrogen) atoms. The van der Waals surface area contributed by atoms with E-state index in [2.05, 4.69) is 0 Å². The van der Waals surface area contributed by atoms with Crippen molar-refractivity contribution in [1.29, 1.82) is 0 Å². The highest BCUT2D eigenvalue weighted by Crippen LogP contribution is 2.81. The molecule has 0 bridgehead atoms. The van der Waals surface area contributed by atoms with Crippen LogP contribution in [0.3, 0.4) is 0 Å². The van der Waals surface area contributed by atoms with E-state index in [0.717, 1.165) is 0 Å². The zero-order chi connectivity index (χ0) is 35.6. The van der Waals surface area contributed by atoms with Crippen LogP contribution in [0.5, 0.6) is 0 Å². The molecule has 8 aliphatic heterocycles. The van der Waals surface area contributed by atoms with E-state index in [1.807, 2.05) is 0 Å². The fourth-order valence-electron chi connectivity index (χ4n) is 12.0. The van der Waals surface area contributed by atoms with Gasteiger partial charge in [0.15, 0.2) is 10.8 Å². The Balaban J connectivity index is 1.47. The molecule has 10 unspecified atom stereocenters. The van der Waals surface area contributed by atoms with Crippen LogP contribution in [0.1, 0.15) is 51.4 Å². The molecule has 0 aromatic heterocycles. The average Bonchev–Trinajstić information content (AvgIpc) is 3.86. The van der Waals surface area contributed by atoms with Crippen LogP contribution >= 0.6 is 0 Å². The molecule has 4 amide bonds. The predicted octanol–water partition coefficient (Wildman–Crippen LogP) is -1.58. The summed E-state index contributed by atoms with van der Waals surface area (Å²) in [4.78, 5) is 60.0. The summed E-state index contributed by atoms with van der Waals surface area (Å²) in [6, 6.07) is 0. The number of primary amides is 4. The first-order valence-electron chi connectivity index (χ1n) is 18.5. The van der Waals surface area contributed by atoms with Gasteiger partial charge in [0.25, 0.3) is 0 Å². The zero-order valence-corrected chi connectivity index (χ0v) is 28.8. The van der Waals surface area contributed by atoms with Gasteiger partial charge in [0.05, 0.1) is 102 Å². The number of carbonyl (C=O) groups is 4. The normalized spacial score (nSPS) is 47.4. The first-order valence-corrected chi connectivity index (χ1v) is 18.5. The van der Waals surface area contributed by atoms with Crippen LogP contribution in [-0.2, 0) is 57.1 Å². The third-order valence-corrected chi connectivity index (χ3v) is 14.2. The second kappa shape index (κ2) is 11.8. The molecular weight excluding hydrogens is 668 g/mol.